The van der Waals surface area contributed by atoms with Gasteiger partial charge in [-0.3, -0.25) is 38.4 Å². The number of likely N-dealkylation sites (tertiary alicyclic amines) is 1. The van der Waals surface area contributed by atoms with Crippen LogP contribution in [0.5, 0.6) is 0 Å². The first-order chi connectivity index (χ1) is 36.3. The summed E-state index contributed by atoms with van der Waals surface area (Å²) in [4.78, 5) is 126. The van der Waals surface area contributed by atoms with E-state index in [1.165, 1.54) is 23.8 Å². The van der Waals surface area contributed by atoms with Gasteiger partial charge in [-0.2, -0.15) is 0 Å². The molecule has 0 saturated carbocycles. The van der Waals surface area contributed by atoms with E-state index in [0.717, 1.165) is 11.1 Å². The molecule has 0 spiro atoms. The van der Waals surface area contributed by atoms with Crippen molar-refractivity contribution in [2.75, 3.05) is 6.54 Å². The van der Waals surface area contributed by atoms with Gasteiger partial charge in [0.25, 0.3) is 0 Å². The summed E-state index contributed by atoms with van der Waals surface area (Å²) in [5.74, 6) is -4.86. The molecule has 2 aromatic carbocycles. The fraction of sp³-hybridized carbons (Fsp3) is 0.527. The summed E-state index contributed by atoms with van der Waals surface area (Å²) < 4.78 is 0. The molecule has 1 fully saturated rings. The summed E-state index contributed by atoms with van der Waals surface area (Å²) in [5.41, 5.74) is 8.45. The number of amides is 8. The van der Waals surface area contributed by atoms with Gasteiger partial charge < -0.3 is 57.6 Å². The zero-order valence-electron chi connectivity index (χ0n) is 44.6. The van der Waals surface area contributed by atoms with Crippen molar-refractivity contribution in [2.24, 2.45) is 23.5 Å². The number of hydrogen-bond acceptors (Lipinski definition) is 11. The van der Waals surface area contributed by atoms with Gasteiger partial charge in [0.2, 0.25) is 47.3 Å². The number of aliphatic hydroxyl groups is 1. The highest BCUT2D eigenvalue weighted by atomic mass is 16.3. The van der Waals surface area contributed by atoms with Crippen molar-refractivity contribution in [2.45, 2.75) is 161 Å². The zero-order valence-corrected chi connectivity index (χ0v) is 44.6. The van der Waals surface area contributed by atoms with Crippen LogP contribution in [0.3, 0.4) is 0 Å². The van der Waals surface area contributed by atoms with Crippen LogP contribution in [0.1, 0.15) is 109 Å². The number of carbonyl (C=O) groups excluding carboxylic acids is 8. The Morgan fingerprint density at radius 2 is 1.16 bits per heavy atom. The number of rotatable bonds is 30. The van der Waals surface area contributed by atoms with Gasteiger partial charge in [0, 0.05) is 56.0 Å². The normalized spacial score (nSPS) is 16.2. The molecule has 5 rings (SSSR count). The summed E-state index contributed by atoms with van der Waals surface area (Å²) >= 11 is 0. The van der Waals surface area contributed by atoms with E-state index >= 15 is 0 Å². The van der Waals surface area contributed by atoms with Crippen LogP contribution in [0, 0.1) is 17.8 Å². The molecule has 21 nitrogen and oxygen atoms in total. The van der Waals surface area contributed by atoms with E-state index in [1.54, 1.807) is 30.5 Å². The molecule has 4 aromatic rings. The average Bonchev–Trinajstić information content (AvgIpc) is 4.19. The molecule has 1 aliphatic rings. The zero-order chi connectivity index (χ0) is 55.3. The average molecular weight is 1050 g/mol. The van der Waals surface area contributed by atoms with Gasteiger partial charge >= 0.3 is 0 Å². The van der Waals surface area contributed by atoms with Gasteiger partial charge in [0.05, 0.1) is 31.2 Å². The fourth-order valence-corrected chi connectivity index (χ4v) is 9.27. The number of aromatic amines is 2. The molecule has 0 bridgehead atoms. The molecule has 0 radical (unpaired) electrons. The lowest BCUT2D eigenvalue weighted by Crippen LogP contribution is -2.59. The number of nitrogens with zero attached hydrogens (tertiary/aromatic N) is 3. The first kappa shape index (κ1) is 59.5. The molecule has 21 heteroatoms. The molecule has 1 aliphatic heterocycles. The minimum atomic E-state index is -1.45. The lowest BCUT2D eigenvalue weighted by atomic mass is 9.95. The van der Waals surface area contributed by atoms with Crippen LogP contribution in [0.2, 0.25) is 0 Å². The van der Waals surface area contributed by atoms with E-state index in [9.17, 15) is 43.5 Å². The number of aliphatic hydroxyl groups excluding tert-OH is 1. The molecule has 1 saturated heterocycles. The van der Waals surface area contributed by atoms with Crippen LogP contribution in [-0.2, 0) is 64.0 Å². The van der Waals surface area contributed by atoms with Crippen LogP contribution in [0.25, 0.3) is 0 Å². The standard InChI is InChI=1S/C55H78N12O9/c1-33(2)22-41(47(68)28-49(70)61-43(23-34(3)4)52(73)65-42(50(56)71)25-37-16-11-8-12-17-37)64-53(74)44(26-38-29-57-31-59-38)66-51(72)40(20-19-36-14-9-7-10-15-36)63-54(75)46-18-13-21-67(46)55(76)45(27-39-30-58-32-60-39)62-48(69)24-35(5)6/h7-12,14-17,29-35,40-47,68H,13,18-28H2,1-6H3,(H2,56,71)(H,57,59)(H,58,60)(H,61,70)(H,62,69)(H,63,75)(H,64,74)(H,65,73)(H,66,72)/t40-,41?,42-,43-,44-,45-,46-,47-/m0/s1. The van der Waals surface area contributed by atoms with Crippen LogP contribution in [0.4, 0.5) is 0 Å². The maximum atomic E-state index is 14.6. The Balaban J connectivity index is 1.32. The number of nitrogens with two attached hydrogens (primary N) is 1. The molecule has 1 unspecified atom stereocenters. The predicted octanol–water partition coefficient (Wildman–Crippen LogP) is 2.07. The molecule has 3 heterocycles. The Labute approximate surface area is 444 Å². The van der Waals surface area contributed by atoms with E-state index in [1.807, 2.05) is 77.9 Å². The van der Waals surface area contributed by atoms with Crippen molar-refractivity contribution in [1.29, 1.82) is 0 Å². The minimum Gasteiger partial charge on any atom is -0.390 e. The van der Waals surface area contributed by atoms with E-state index in [4.69, 9.17) is 5.73 Å². The van der Waals surface area contributed by atoms with Gasteiger partial charge in [-0.15, -0.1) is 0 Å². The number of aryl methyl sites for hydroxylation is 1. The first-order valence-corrected chi connectivity index (χ1v) is 26.4. The Morgan fingerprint density at radius 3 is 1.72 bits per heavy atom. The van der Waals surface area contributed by atoms with Gasteiger partial charge in [0.1, 0.15) is 36.3 Å². The molecule has 412 valence electrons. The second kappa shape index (κ2) is 29.6. The Morgan fingerprint density at radius 1 is 0.618 bits per heavy atom. The maximum absolute atomic E-state index is 14.6. The number of carbonyl (C=O) groups is 8. The lowest BCUT2D eigenvalue weighted by molar-refractivity contribution is -0.142. The van der Waals surface area contributed by atoms with E-state index in [-0.39, 0.29) is 75.2 Å². The third-order valence-corrected chi connectivity index (χ3v) is 13.1. The molecule has 11 N–H and O–H groups in total. The molecule has 76 heavy (non-hydrogen) atoms. The van der Waals surface area contributed by atoms with Crippen molar-refractivity contribution < 1.29 is 43.5 Å². The molecule has 8 amide bonds. The molecular weight excluding hydrogens is 973 g/mol. The fourth-order valence-electron chi connectivity index (χ4n) is 9.27. The topological polar surface area (TPSA) is 316 Å². The highest BCUT2D eigenvalue weighted by molar-refractivity contribution is 5.96. The lowest BCUT2D eigenvalue weighted by Gasteiger charge is -2.31. The summed E-state index contributed by atoms with van der Waals surface area (Å²) in [5, 5.41) is 28.6. The molecular formula is C55H78N12O9. The third-order valence-electron chi connectivity index (χ3n) is 13.1. The second-order valence-corrected chi connectivity index (χ2v) is 21.0. The monoisotopic (exact) mass is 1050 g/mol. The molecule has 0 aliphatic carbocycles. The first-order valence-electron chi connectivity index (χ1n) is 26.4. The van der Waals surface area contributed by atoms with Crippen molar-refractivity contribution in [3.8, 4) is 0 Å². The summed E-state index contributed by atoms with van der Waals surface area (Å²) in [6.45, 7) is 11.5. The predicted molar refractivity (Wildman–Crippen MR) is 284 cm³/mol. The van der Waals surface area contributed by atoms with Gasteiger partial charge in [-0.25, -0.2) is 9.97 Å². The highest BCUT2D eigenvalue weighted by Gasteiger charge is 2.40. The second-order valence-electron chi connectivity index (χ2n) is 21.0. The smallest absolute Gasteiger partial charge is 0.246 e. The number of primary amides is 1. The SMILES string of the molecule is CC(C)CC(=O)N[C@@H](Cc1cnc[nH]1)C(=O)N1CCC[C@H]1C(=O)N[C@@H](CCc1ccccc1)C(=O)N[C@@H](Cc1cnc[nH]1)C(=O)NC(CC(C)C)[C@@H](O)CC(=O)N[C@@H](CC(C)C)C(=O)N[C@@H](Cc1ccccc1)C(N)=O. The largest absolute Gasteiger partial charge is 0.390 e. The third kappa shape index (κ3) is 19.4. The number of imidazole rings is 2. The molecule has 8 atom stereocenters. The van der Waals surface area contributed by atoms with E-state index in [2.05, 4.69) is 51.8 Å². The summed E-state index contributed by atoms with van der Waals surface area (Å²) in [6, 6.07) is 10.8. The van der Waals surface area contributed by atoms with Crippen LogP contribution >= 0.6 is 0 Å². The number of aromatic nitrogens is 4. The van der Waals surface area contributed by atoms with Gasteiger partial charge in [0.15, 0.2) is 0 Å². The summed E-state index contributed by atoms with van der Waals surface area (Å²) in [7, 11) is 0. The Bertz CT molecular complexity index is 2490. The van der Waals surface area contributed by atoms with Gasteiger partial charge in [-0.1, -0.05) is 102 Å². The number of hydrogen-bond donors (Lipinski definition) is 10. The van der Waals surface area contributed by atoms with Crippen LogP contribution in [0.15, 0.2) is 85.7 Å². The van der Waals surface area contributed by atoms with Gasteiger partial charge in [-0.05, 0) is 67.4 Å². The van der Waals surface area contributed by atoms with Crippen molar-refractivity contribution in [3.63, 3.8) is 0 Å². The Hall–Kier alpha value is -7.42. The van der Waals surface area contributed by atoms with E-state index in [0.29, 0.717) is 30.7 Å². The Kier molecular flexibility index (Phi) is 23.2. The van der Waals surface area contributed by atoms with Crippen molar-refractivity contribution in [3.05, 3.63) is 108 Å². The van der Waals surface area contributed by atoms with Crippen LogP contribution in [-0.4, -0.2) is 132 Å². The van der Waals surface area contributed by atoms with Crippen molar-refractivity contribution >= 4 is 47.3 Å². The minimum absolute atomic E-state index is 0.0387. The number of nitrogens with one attached hydrogen (secondary N) is 8. The van der Waals surface area contributed by atoms with E-state index < -0.39 is 96.2 Å². The number of H-pyrrole nitrogens is 2. The molecule has 2 aromatic heterocycles. The van der Waals surface area contributed by atoms with Crippen LogP contribution < -0.4 is 37.6 Å². The highest BCUT2D eigenvalue weighted by Crippen LogP contribution is 2.21. The van der Waals surface area contributed by atoms with Crippen molar-refractivity contribution in [1.82, 2.24) is 56.7 Å². The maximum Gasteiger partial charge on any atom is 0.246 e. The summed E-state index contributed by atoms with van der Waals surface area (Å²) in [6.07, 6.45) is 6.10. The number of benzene rings is 2. The quantitative estimate of drug-likeness (QED) is 0.0361.